The Morgan fingerprint density at radius 3 is 2.75 bits per heavy atom. The van der Waals surface area contributed by atoms with Gasteiger partial charge in [-0.25, -0.2) is 0 Å². The molecule has 2 heterocycles. The van der Waals surface area contributed by atoms with Crippen molar-refractivity contribution in [2.24, 2.45) is 17.8 Å². The molecule has 2 heteroatoms. The standard InChI is InChI=1S/C10H14O2/c1-4-5-2-7(11-4)6-3-8-10(12-8)9(5)6/h4-10H,2-3H2,1H3. The molecule has 4 aliphatic rings. The zero-order chi connectivity index (χ0) is 7.87. The Balaban J connectivity index is 1.74. The first-order valence-corrected chi connectivity index (χ1v) is 5.15. The van der Waals surface area contributed by atoms with Gasteiger partial charge in [0.25, 0.3) is 0 Å². The van der Waals surface area contributed by atoms with Gasteiger partial charge in [-0.05, 0) is 37.5 Å². The Morgan fingerprint density at radius 2 is 1.83 bits per heavy atom. The first kappa shape index (κ1) is 6.39. The molecule has 2 aliphatic heterocycles. The van der Waals surface area contributed by atoms with E-state index in [0.29, 0.717) is 24.4 Å². The van der Waals surface area contributed by atoms with Gasteiger partial charge >= 0.3 is 0 Å². The molecule has 0 spiro atoms. The maximum Gasteiger partial charge on any atom is 0.0877 e. The molecular weight excluding hydrogens is 152 g/mol. The van der Waals surface area contributed by atoms with Crippen LogP contribution >= 0.6 is 0 Å². The molecule has 2 nitrogen and oxygen atoms in total. The van der Waals surface area contributed by atoms with Gasteiger partial charge in [-0.15, -0.1) is 0 Å². The summed E-state index contributed by atoms with van der Waals surface area (Å²) in [6.45, 7) is 2.23. The summed E-state index contributed by atoms with van der Waals surface area (Å²) < 4.78 is 11.5. The predicted molar refractivity (Wildman–Crippen MR) is 42.7 cm³/mol. The van der Waals surface area contributed by atoms with Crippen molar-refractivity contribution in [3.05, 3.63) is 0 Å². The summed E-state index contributed by atoms with van der Waals surface area (Å²) in [4.78, 5) is 0. The Labute approximate surface area is 72.2 Å². The highest BCUT2D eigenvalue weighted by molar-refractivity contribution is 5.13. The van der Waals surface area contributed by atoms with Crippen molar-refractivity contribution in [1.82, 2.24) is 0 Å². The summed E-state index contributed by atoms with van der Waals surface area (Å²) in [7, 11) is 0. The minimum absolute atomic E-state index is 0.513. The maximum absolute atomic E-state index is 5.89. The average Bonchev–Trinajstić information content (AvgIpc) is 2.42. The Bertz CT molecular complexity index is 240. The van der Waals surface area contributed by atoms with E-state index in [2.05, 4.69) is 6.92 Å². The average molecular weight is 166 g/mol. The lowest BCUT2D eigenvalue weighted by Crippen LogP contribution is -2.33. The lowest BCUT2D eigenvalue weighted by Gasteiger charge is -2.30. The van der Waals surface area contributed by atoms with E-state index in [0.717, 1.165) is 17.8 Å². The van der Waals surface area contributed by atoms with E-state index in [1.807, 2.05) is 0 Å². The molecule has 2 aliphatic carbocycles. The lowest BCUT2D eigenvalue weighted by molar-refractivity contribution is -0.0553. The third kappa shape index (κ3) is 0.549. The van der Waals surface area contributed by atoms with Crippen LogP contribution in [0.1, 0.15) is 19.8 Å². The zero-order valence-electron chi connectivity index (χ0n) is 7.27. The van der Waals surface area contributed by atoms with E-state index in [4.69, 9.17) is 9.47 Å². The second kappa shape index (κ2) is 1.73. The van der Waals surface area contributed by atoms with Gasteiger partial charge < -0.3 is 9.47 Å². The highest BCUT2D eigenvalue weighted by Crippen LogP contribution is 2.61. The summed E-state index contributed by atoms with van der Waals surface area (Å²) >= 11 is 0. The molecule has 0 aromatic rings. The highest BCUT2D eigenvalue weighted by atomic mass is 16.6. The Kier molecular flexibility index (Phi) is 0.921. The second-order valence-electron chi connectivity index (χ2n) is 4.90. The fraction of sp³-hybridized carbons (Fsp3) is 1.00. The predicted octanol–water partition coefficient (Wildman–Crippen LogP) is 1.20. The second-order valence-corrected chi connectivity index (χ2v) is 4.90. The zero-order valence-corrected chi connectivity index (χ0v) is 7.27. The summed E-state index contributed by atoms with van der Waals surface area (Å²) in [5.74, 6) is 2.58. The van der Waals surface area contributed by atoms with Gasteiger partial charge in [-0.2, -0.15) is 0 Å². The van der Waals surface area contributed by atoms with Crippen molar-refractivity contribution in [3.63, 3.8) is 0 Å². The van der Waals surface area contributed by atoms with E-state index in [1.165, 1.54) is 12.8 Å². The highest BCUT2D eigenvalue weighted by Gasteiger charge is 2.66. The van der Waals surface area contributed by atoms with Gasteiger partial charge in [-0.3, -0.25) is 0 Å². The van der Waals surface area contributed by atoms with E-state index >= 15 is 0 Å². The van der Waals surface area contributed by atoms with Crippen LogP contribution in [-0.4, -0.2) is 24.4 Å². The van der Waals surface area contributed by atoms with Crippen LogP contribution < -0.4 is 0 Å². The molecule has 2 saturated heterocycles. The van der Waals surface area contributed by atoms with Crippen molar-refractivity contribution in [1.29, 1.82) is 0 Å². The van der Waals surface area contributed by atoms with Crippen molar-refractivity contribution in [3.8, 4) is 0 Å². The van der Waals surface area contributed by atoms with E-state index in [-0.39, 0.29) is 0 Å². The van der Waals surface area contributed by atoms with Crippen LogP contribution in [-0.2, 0) is 9.47 Å². The van der Waals surface area contributed by atoms with Gasteiger partial charge in [0.15, 0.2) is 0 Å². The molecule has 0 radical (unpaired) electrons. The third-order valence-corrected chi connectivity index (χ3v) is 4.47. The first-order chi connectivity index (χ1) is 5.84. The molecule has 7 atom stereocenters. The van der Waals surface area contributed by atoms with Crippen molar-refractivity contribution >= 4 is 0 Å². The van der Waals surface area contributed by atoms with Crippen molar-refractivity contribution in [2.75, 3.05) is 0 Å². The molecule has 66 valence electrons. The van der Waals surface area contributed by atoms with Gasteiger partial charge in [-0.1, -0.05) is 0 Å². The van der Waals surface area contributed by atoms with E-state index in [9.17, 15) is 0 Å². The molecule has 7 unspecified atom stereocenters. The monoisotopic (exact) mass is 166 g/mol. The van der Waals surface area contributed by atoms with Crippen LogP contribution in [0.4, 0.5) is 0 Å². The third-order valence-electron chi connectivity index (χ3n) is 4.47. The number of fused-ring (bicyclic) bond motifs is 7. The Morgan fingerprint density at radius 1 is 1.00 bits per heavy atom. The molecule has 0 N–H and O–H groups in total. The van der Waals surface area contributed by atoms with Crippen LogP contribution in [0.25, 0.3) is 0 Å². The fourth-order valence-corrected chi connectivity index (χ4v) is 3.95. The topological polar surface area (TPSA) is 21.8 Å². The number of rotatable bonds is 0. The molecule has 0 aromatic heterocycles. The number of ether oxygens (including phenoxy) is 2. The normalized spacial score (nSPS) is 71.2. The molecule has 4 rings (SSSR count). The first-order valence-electron chi connectivity index (χ1n) is 5.15. The Hall–Kier alpha value is -0.0800. The molecule has 12 heavy (non-hydrogen) atoms. The van der Waals surface area contributed by atoms with Crippen molar-refractivity contribution < 1.29 is 9.47 Å². The number of hydrogen-bond donors (Lipinski definition) is 0. The van der Waals surface area contributed by atoms with Crippen LogP contribution in [0.2, 0.25) is 0 Å². The van der Waals surface area contributed by atoms with E-state index in [1.54, 1.807) is 0 Å². The van der Waals surface area contributed by atoms with Crippen LogP contribution in [0.3, 0.4) is 0 Å². The molecule has 4 fully saturated rings. The van der Waals surface area contributed by atoms with Crippen LogP contribution in [0, 0.1) is 17.8 Å². The largest absolute Gasteiger partial charge is 0.375 e. The van der Waals surface area contributed by atoms with Gasteiger partial charge in [0.1, 0.15) is 0 Å². The van der Waals surface area contributed by atoms with Gasteiger partial charge in [0, 0.05) is 0 Å². The summed E-state index contributed by atoms with van der Waals surface area (Å²) in [5.41, 5.74) is 0. The quantitative estimate of drug-likeness (QED) is 0.504. The van der Waals surface area contributed by atoms with Crippen molar-refractivity contribution in [2.45, 2.75) is 44.2 Å². The number of epoxide rings is 1. The van der Waals surface area contributed by atoms with Gasteiger partial charge in [0.05, 0.1) is 24.4 Å². The smallest absolute Gasteiger partial charge is 0.0877 e. The minimum Gasteiger partial charge on any atom is -0.375 e. The molecule has 2 saturated carbocycles. The SMILES string of the molecule is CC1OC2CC1C1C2CC2OC21. The summed E-state index contributed by atoms with van der Waals surface area (Å²) in [6, 6.07) is 0. The summed E-state index contributed by atoms with van der Waals surface area (Å²) in [5, 5.41) is 0. The lowest BCUT2D eigenvalue weighted by atomic mass is 9.86. The maximum atomic E-state index is 5.89. The molecule has 0 aromatic carbocycles. The fourth-order valence-electron chi connectivity index (χ4n) is 3.95. The van der Waals surface area contributed by atoms with Crippen LogP contribution in [0.15, 0.2) is 0 Å². The molecule has 2 bridgehead atoms. The number of hydrogen-bond acceptors (Lipinski definition) is 2. The van der Waals surface area contributed by atoms with E-state index < -0.39 is 0 Å². The summed E-state index contributed by atoms with van der Waals surface area (Å²) in [6.07, 6.45) is 5.02. The van der Waals surface area contributed by atoms with Crippen LogP contribution in [0.5, 0.6) is 0 Å². The van der Waals surface area contributed by atoms with Gasteiger partial charge in [0.2, 0.25) is 0 Å². The molecular formula is C10H14O2. The minimum atomic E-state index is 0.513. The molecule has 0 amide bonds.